The average Bonchev–Trinajstić information content (AvgIpc) is 3.41. The molecule has 6 aromatic rings. The number of halogens is 2. The molecule has 0 saturated heterocycles. The Kier molecular flexibility index (Phi) is 6.40. The molecule has 3 aromatic carbocycles. The molecule has 200 valence electrons. The summed E-state index contributed by atoms with van der Waals surface area (Å²) in [4.78, 5) is 17.6. The minimum atomic E-state index is -4.03. The predicted molar refractivity (Wildman–Crippen MR) is 150 cm³/mol. The molecule has 0 bridgehead atoms. The number of rotatable bonds is 7. The number of pyridine rings is 1. The molecule has 0 aliphatic heterocycles. The first-order valence-corrected chi connectivity index (χ1v) is 13.7. The third kappa shape index (κ3) is 4.63. The first kappa shape index (κ1) is 25.5. The first-order chi connectivity index (χ1) is 19.3. The van der Waals surface area contributed by atoms with Crippen LogP contribution in [0.1, 0.15) is 0 Å². The monoisotopic (exact) mass is 575 g/mol. The molecule has 0 spiro atoms. The van der Waals surface area contributed by atoms with Crippen LogP contribution in [0, 0.1) is 5.82 Å². The zero-order valence-electron chi connectivity index (χ0n) is 20.7. The van der Waals surface area contributed by atoms with Crippen LogP contribution in [0.25, 0.3) is 27.9 Å². The Balaban J connectivity index is 1.37. The van der Waals surface area contributed by atoms with E-state index in [1.54, 1.807) is 18.5 Å². The van der Waals surface area contributed by atoms with Gasteiger partial charge >= 0.3 is 0 Å². The second kappa shape index (κ2) is 10.1. The SMILES string of the molecule is COc1ccc(S(=O)(=O)Nc2ccc(F)c(Nc3ncnc4ccc(-n5cnc6ccccc65)nc34)c2Cl)cc1. The van der Waals surface area contributed by atoms with Crippen molar-refractivity contribution >= 4 is 60.9 Å². The van der Waals surface area contributed by atoms with Gasteiger partial charge in [-0.05, 0) is 60.7 Å². The number of para-hydroxylation sites is 2. The fraction of sp³-hybridized carbons (Fsp3) is 0.0370. The van der Waals surface area contributed by atoms with Crippen LogP contribution in [-0.4, -0.2) is 40.0 Å². The highest BCUT2D eigenvalue weighted by atomic mass is 35.5. The number of nitrogens with one attached hydrogen (secondary N) is 2. The van der Waals surface area contributed by atoms with Gasteiger partial charge in [-0.3, -0.25) is 9.29 Å². The maximum atomic E-state index is 15.0. The molecule has 6 rings (SSSR count). The highest BCUT2D eigenvalue weighted by Crippen LogP contribution is 2.36. The molecule has 0 atom stereocenters. The molecular weight excluding hydrogens is 557 g/mol. The van der Waals surface area contributed by atoms with Crippen molar-refractivity contribution in [2.45, 2.75) is 4.90 Å². The van der Waals surface area contributed by atoms with Gasteiger partial charge in [-0.15, -0.1) is 0 Å². The molecule has 3 aromatic heterocycles. The van der Waals surface area contributed by atoms with Crippen molar-refractivity contribution in [3.05, 3.63) is 96.3 Å². The summed E-state index contributed by atoms with van der Waals surface area (Å²) >= 11 is 6.51. The number of hydrogen-bond donors (Lipinski definition) is 2. The Morgan fingerprint density at radius 1 is 0.925 bits per heavy atom. The molecule has 0 aliphatic carbocycles. The van der Waals surface area contributed by atoms with Crippen molar-refractivity contribution in [2.75, 3.05) is 17.1 Å². The number of anilines is 3. The number of hydrogen-bond acceptors (Lipinski definition) is 8. The van der Waals surface area contributed by atoms with E-state index in [4.69, 9.17) is 21.3 Å². The molecule has 0 unspecified atom stereocenters. The van der Waals surface area contributed by atoms with Crippen molar-refractivity contribution in [1.29, 1.82) is 0 Å². The molecule has 13 heteroatoms. The molecule has 0 radical (unpaired) electrons. The number of imidazole rings is 1. The van der Waals surface area contributed by atoms with Crippen LogP contribution in [0.4, 0.5) is 21.6 Å². The zero-order valence-corrected chi connectivity index (χ0v) is 22.3. The van der Waals surface area contributed by atoms with E-state index in [9.17, 15) is 8.42 Å². The summed E-state index contributed by atoms with van der Waals surface area (Å²) < 4.78 is 50.2. The summed E-state index contributed by atoms with van der Waals surface area (Å²) in [6, 6.07) is 19.3. The lowest BCUT2D eigenvalue weighted by atomic mass is 10.2. The van der Waals surface area contributed by atoms with Crippen LogP contribution in [0.2, 0.25) is 5.02 Å². The Labute approximate surface area is 232 Å². The molecule has 3 heterocycles. The number of ether oxygens (including phenoxy) is 1. The van der Waals surface area contributed by atoms with E-state index in [1.165, 1.54) is 43.8 Å². The smallest absolute Gasteiger partial charge is 0.261 e. The van der Waals surface area contributed by atoms with Gasteiger partial charge in [-0.25, -0.2) is 32.7 Å². The van der Waals surface area contributed by atoms with Gasteiger partial charge in [-0.2, -0.15) is 0 Å². The molecule has 0 fully saturated rings. The van der Waals surface area contributed by atoms with Gasteiger partial charge in [0.1, 0.15) is 35.6 Å². The zero-order chi connectivity index (χ0) is 27.9. The third-order valence-electron chi connectivity index (χ3n) is 6.12. The first-order valence-electron chi connectivity index (χ1n) is 11.8. The number of nitrogens with zero attached hydrogens (tertiary/aromatic N) is 5. The number of methoxy groups -OCH3 is 1. The van der Waals surface area contributed by atoms with Crippen LogP contribution in [-0.2, 0) is 10.0 Å². The number of sulfonamides is 1. The fourth-order valence-corrected chi connectivity index (χ4v) is 5.50. The predicted octanol–water partition coefficient (Wildman–Crippen LogP) is 5.71. The van der Waals surface area contributed by atoms with E-state index in [0.29, 0.717) is 22.6 Å². The summed E-state index contributed by atoms with van der Waals surface area (Å²) in [6.45, 7) is 0. The largest absolute Gasteiger partial charge is 0.497 e. The number of aromatic nitrogens is 5. The quantitative estimate of drug-likeness (QED) is 0.248. The fourth-order valence-electron chi connectivity index (χ4n) is 4.12. The Bertz CT molecular complexity index is 2000. The van der Waals surface area contributed by atoms with Gasteiger partial charge in [0, 0.05) is 0 Å². The maximum Gasteiger partial charge on any atom is 0.261 e. The Morgan fingerprint density at radius 2 is 1.73 bits per heavy atom. The van der Waals surface area contributed by atoms with Crippen molar-refractivity contribution < 1.29 is 17.5 Å². The van der Waals surface area contributed by atoms with E-state index in [0.717, 1.165) is 17.1 Å². The van der Waals surface area contributed by atoms with Crippen molar-refractivity contribution in [3.63, 3.8) is 0 Å². The van der Waals surface area contributed by atoms with E-state index >= 15 is 4.39 Å². The summed E-state index contributed by atoms with van der Waals surface area (Å²) in [5.41, 5.74) is 2.28. The lowest BCUT2D eigenvalue weighted by molar-refractivity contribution is 0.414. The lowest BCUT2D eigenvalue weighted by Gasteiger charge is -2.15. The average molecular weight is 576 g/mol. The molecule has 40 heavy (non-hydrogen) atoms. The Hall–Kier alpha value is -4.81. The van der Waals surface area contributed by atoms with Crippen LogP contribution in [0.5, 0.6) is 5.75 Å². The van der Waals surface area contributed by atoms with Crippen molar-refractivity contribution in [3.8, 4) is 11.6 Å². The molecular formula is C27H19ClFN7O3S. The Morgan fingerprint density at radius 3 is 2.52 bits per heavy atom. The van der Waals surface area contributed by atoms with Gasteiger partial charge in [0.05, 0.1) is 45.0 Å². The van der Waals surface area contributed by atoms with E-state index in [2.05, 4.69) is 25.0 Å². The minimum Gasteiger partial charge on any atom is -0.497 e. The molecule has 10 nitrogen and oxygen atoms in total. The topological polar surface area (TPSA) is 124 Å². The summed E-state index contributed by atoms with van der Waals surface area (Å²) in [7, 11) is -2.56. The highest BCUT2D eigenvalue weighted by molar-refractivity contribution is 7.92. The van der Waals surface area contributed by atoms with E-state index in [-0.39, 0.29) is 27.1 Å². The van der Waals surface area contributed by atoms with E-state index in [1.807, 2.05) is 28.8 Å². The molecule has 0 amide bonds. The maximum absolute atomic E-state index is 15.0. The van der Waals surface area contributed by atoms with Gasteiger partial charge in [-0.1, -0.05) is 23.7 Å². The third-order valence-corrected chi connectivity index (χ3v) is 7.89. The summed E-state index contributed by atoms with van der Waals surface area (Å²) in [6.07, 6.45) is 2.96. The summed E-state index contributed by atoms with van der Waals surface area (Å²) in [5.74, 6) is 0.500. The van der Waals surface area contributed by atoms with Gasteiger partial charge in [0.25, 0.3) is 10.0 Å². The van der Waals surface area contributed by atoms with Crippen LogP contribution in [0.15, 0.2) is 90.3 Å². The molecule has 2 N–H and O–H groups in total. The van der Waals surface area contributed by atoms with Crippen molar-refractivity contribution in [1.82, 2.24) is 24.5 Å². The van der Waals surface area contributed by atoms with Gasteiger partial charge in [0.15, 0.2) is 5.82 Å². The minimum absolute atomic E-state index is 0.0197. The van der Waals surface area contributed by atoms with Gasteiger partial charge < -0.3 is 10.1 Å². The summed E-state index contributed by atoms with van der Waals surface area (Å²) in [5, 5.41) is 2.68. The highest BCUT2D eigenvalue weighted by Gasteiger charge is 2.20. The second-order valence-electron chi connectivity index (χ2n) is 8.55. The number of fused-ring (bicyclic) bond motifs is 2. The van der Waals surface area contributed by atoms with Crippen LogP contribution >= 0.6 is 11.6 Å². The van der Waals surface area contributed by atoms with E-state index < -0.39 is 15.8 Å². The van der Waals surface area contributed by atoms with Crippen LogP contribution < -0.4 is 14.8 Å². The molecule has 0 saturated carbocycles. The van der Waals surface area contributed by atoms with Crippen molar-refractivity contribution in [2.24, 2.45) is 0 Å². The number of benzene rings is 3. The normalized spacial score (nSPS) is 11.6. The van der Waals surface area contributed by atoms with Gasteiger partial charge in [0.2, 0.25) is 0 Å². The second-order valence-corrected chi connectivity index (χ2v) is 10.6. The van der Waals surface area contributed by atoms with Crippen LogP contribution in [0.3, 0.4) is 0 Å². The standard InChI is InChI=1S/C27H19ClFN7O3S/c1-39-16-6-8-17(9-7-16)40(37,38)35-20-11-10-18(29)25(24(20)28)34-27-26-21(30-14-31-27)12-13-23(33-26)36-15-32-19-4-2-3-5-22(19)36/h2-15,35H,1H3,(H,30,31,34). The molecule has 0 aliphatic rings. The lowest BCUT2D eigenvalue weighted by Crippen LogP contribution is -2.14.